The minimum Gasteiger partial charge on any atom is -0.455 e. The van der Waals surface area contributed by atoms with Crippen molar-refractivity contribution in [2.75, 3.05) is 19.6 Å². The first-order chi connectivity index (χ1) is 13.0. The van der Waals surface area contributed by atoms with Gasteiger partial charge in [0.25, 0.3) is 0 Å². The molecule has 4 heteroatoms. The zero-order valence-corrected chi connectivity index (χ0v) is 17.8. The van der Waals surface area contributed by atoms with Gasteiger partial charge in [0.1, 0.15) is 11.7 Å². The van der Waals surface area contributed by atoms with Gasteiger partial charge in [0.15, 0.2) is 0 Å². The van der Waals surface area contributed by atoms with E-state index in [-0.39, 0.29) is 29.2 Å². The SMILES string of the molecule is CCCCN(CCCC)CC1C(=O)O[C@@]23C1CC[C@H](C)C2CC[C@@]1(C)O[C@@H]31. The summed E-state index contributed by atoms with van der Waals surface area (Å²) in [7, 11) is 0. The van der Waals surface area contributed by atoms with Crippen LogP contribution in [0.5, 0.6) is 0 Å². The Morgan fingerprint density at radius 1 is 1.07 bits per heavy atom. The summed E-state index contributed by atoms with van der Waals surface area (Å²) in [5.74, 6) is 1.59. The maximum absolute atomic E-state index is 13.1. The van der Waals surface area contributed by atoms with Crippen LogP contribution in [0.4, 0.5) is 0 Å². The number of fused-ring (bicyclic) bond motifs is 1. The topological polar surface area (TPSA) is 42.1 Å². The van der Waals surface area contributed by atoms with Crippen LogP contribution in [-0.2, 0) is 14.3 Å². The summed E-state index contributed by atoms with van der Waals surface area (Å²) in [6, 6.07) is 0. The fraction of sp³-hybridized carbons (Fsp3) is 0.957. The Morgan fingerprint density at radius 2 is 1.78 bits per heavy atom. The number of unbranched alkanes of at least 4 members (excludes halogenated alkanes) is 2. The molecule has 0 bridgehead atoms. The lowest BCUT2D eigenvalue weighted by Gasteiger charge is -2.50. The highest BCUT2D eigenvalue weighted by Gasteiger charge is 2.77. The summed E-state index contributed by atoms with van der Waals surface area (Å²) in [5, 5.41) is 0. The molecule has 154 valence electrons. The Morgan fingerprint density at radius 3 is 2.44 bits per heavy atom. The van der Waals surface area contributed by atoms with Crippen molar-refractivity contribution in [3.8, 4) is 0 Å². The van der Waals surface area contributed by atoms with Gasteiger partial charge >= 0.3 is 5.97 Å². The number of hydrogen-bond acceptors (Lipinski definition) is 4. The lowest BCUT2D eigenvalue weighted by Crippen LogP contribution is -2.58. The van der Waals surface area contributed by atoms with Gasteiger partial charge in [-0.05, 0) is 64.5 Å². The van der Waals surface area contributed by atoms with Crippen LogP contribution in [0.3, 0.4) is 0 Å². The predicted octanol–water partition coefficient (Wildman–Crippen LogP) is 4.41. The smallest absolute Gasteiger partial charge is 0.311 e. The van der Waals surface area contributed by atoms with E-state index in [1.807, 2.05) is 0 Å². The first-order valence-corrected chi connectivity index (χ1v) is 11.6. The van der Waals surface area contributed by atoms with Crippen LogP contribution >= 0.6 is 0 Å². The molecule has 0 N–H and O–H groups in total. The average molecular weight is 378 g/mol. The molecule has 3 unspecified atom stereocenters. The normalized spacial score (nSPS) is 45.2. The van der Waals surface area contributed by atoms with Crippen molar-refractivity contribution in [2.24, 2.45) is 23.7 Å². The van der Waals surface area contributed by atoms with Crippen LogP contribution in [0, 0.1) is 23.7 Å². The third-order valence-corrected chi connectivity index (χ3v) is 8.20. The van der Waals surface area contributed by atoms with Crippen molar-refractivity contribution in [2.45, 2.75) is 96.4 Å². The van der Waals surface area contributed by atoms with E-state index in [0.29, 0.717) is 17.8 Å². The van der Waals surface area contributed by atoms with E-state index in [4.69, 9.17) is 9.47 Å². The number of esters is 1. The number of epoxide rings is 1. The molecule has 0 aromatic carbocycles. The summed E-state index contributed by atoms with van der Waals surface area (Å²) >= 11 is 0. The van der Waals surface area contributed by atoms with Crippen molar-refractivity contribution >= 4 is 5.97 Å². The summed E-state index contributed by atoms with van der Waals surface area (Å²) < 4.78 is 12.6. The maximum atomic E-state index is 13.1. The van der Waals surface area contributed by atoms with Crippen molar-refractivity contribution in [3.05, 3.63) is 0 Å². The van der Waals surface area contributed by atoms with Gasteiger partial charge in [-0.1, -0.05) is 33.6 Å². The van der Waals surface area contributed by atoms with Gasteiger partial charge < -0.3 is 14.4 Å². The molecule has 2 saturated carbocycles. The van der Waals surface area contributed by atoms with Crippen LogP contribution in [0.15, 0.2) is 0 Å². The van der Waals surface area contributed by atoms with Gasteiger partial charge in [-0.15, -0.1) is 0 Å². The highest BCUT2D eigenvalue weighted by atomic mass is 16.7. The third-order valence-electron chi connectivity index (χ3n) is 8.20. The highest BCUT2D eigenvalue weighted by molar-refractivity contribution is 5.77. The molecule has 0 aromatic rings. The Hall–Kier alpha value is -0.610. The standard InChI is InChI=1S/C23H39NO3/c1-5-7-13-24(14-8-6-2)15-17-19-10-9-16(3)18-11-12-22(4)21(27-22)23(18,19)26-20(17)25/h16-19,21H,5-15H2,1-4H3/t16-,17?,18?,19?,21+,22+,23+/m0/s1. The number of rotatable bonds is 8. The number of nitrogens with zero attached hydrogens (tertiary/aromatic N) is 1. The first-order valence-electron chi connectivity index (χ1n) is 11.6. The molecule has 0 aromatic heterocycles. The number of ether oxygens (including phenoxy) is 2. The molecule has 2 aliphatic heterocycles. The second-order valence-corrected chi connectivity index (χ2v) is 10.0. The van der Waals surface area contributed by atoms with Gasteiger partial charge in [-0.25, -0.2) is 0 Å². The lowest BCUT2D eigenvalue weighted by atomic mass is 9.55. The molecule has 2 aliphatic carbocycles. The van der Waals surface area contributed by atoms with Crippen LogP contribution in [-0.4, -0.2) is 47.8 Å². The van der Waals surface area contributed by atoms with Gasteiger partial charge in [-0.2, -0.15) is 0 Å². The zero-order chi connectivity index (χ0) is 19.2. The maximum Gasteiger partial charge on any atom is 0.311 e. The van der Waals surface area contributed by atoms with E-state index in [9.17, 15) is 4.79 Å². The summed E-state index contributed by atoms with van der Waals surface area (Å²) in [6.07, 6.45) is 9.62. The molecular formula is C23H39NO3. The Labute approximate surface area is 165 Å². The average Bonchev–Trinajstić information content (AvgIpc) is 3.27. The monoisotopic (exact) mass is 377 g/mol. The Bertz CT molecular complexity index is 558. The quantitative estimate of drug-likeness (QED) is 0.464. The Kier molecular flexibility index (Phi) is 5.35. The van der Waals surface area contributed by atoms with E-state index in [1.165, 1.54) is 32.1 Å². The second-order valence-electron chi connectivity index (χ2n) is 10.0. The predicted molar refractivity (Wildman–Crippen MR) is 106 cm³/mol. The molecule has 2 heterocycles. The first kappa shape index (κ1) is 19.7. The van der Waals surface area contributed by atoms with Crippen molar-refractivity contribution in [1.82, 2.24) is 4.90 Å². The number of carbonyl (C=O) groups is 1. The number of carbonyl (C=O) groups excluding carboxylic acids is 1. The molecule has 7 atom stereocenters. The van der Waals surface area contributed by atoms with Gasteiger partial charge in [0.2, 0.25) is 0 Å². The summed E-state index contributed by atoms with van der Waals surface area (Å²) in [4.78, 5) is 15.7. The van der Waals surface area contributed by atoms with Crippen LogP contribution in [0.2, 0.25) is 0 Å². The fourth-order valence-electron chi connectivity index (χ4n) is 6.60. The lowest BCUT2D eigenvalue weighted by molar-refractivity contribution is -0.168. The summed E-state index contributed by atoms with van der Waals surface area (Å²) in [6.45, 7) is 12.2. The van der Waals surface area contributed by atoms with Crippen molar-refractivity contribution in [1.29, 1.82) is 0 Å². The van der Waals surface area contributed by atoms with E-state index >= 15 is 0 Å². The minimum absolute atomic E-state index is 0.0366. The van der Waals surface area contributed by atoms with Gasteiger partial charge in [-0.3, -0.25) is 4.79 Å². The molecule has 4 fully saturated rings. The molecule has 4 aliphatic rings. The van der Waals surface area contributed by atoms with Crippen LogP contribution in [0.1, 0.15) is 79.1 Å². The largest absolute Gasteiger partial charge is 0.455 e. The van der Waals surface area contributed by atoms with Crippen molar-refractivity contribution in [3.63, 3.8) is 0 Å². The van der Waals surface area contributed by atoms with Crippen molar-refractivity contribution < 1.29 is 14.3 Å². The molecule has 1 spiro atoms. The Balaban J connectivity index is 1.55. The summed E-state index contributed by atoms with van der Waals surface area (Å²) in [5.41, 5.74) is -0.362. The fourth-order valence-corrected chi connectivity index (χ4v) is 6.60. The molecule has 0 radical (unpaired) electrons. The van der Waals surface area contributed by atoms with E-state index < -0.39 is 0 Å². The molecule has 2 saturated heterocycles. The number of hydrogen-bond donors (Lipinski definition) is 0. The third kappa shape index (κ3) is 3.15. The van der Waals surface area contributed by atoms with E-state index in [2.05, 4.69) is 32.6 Å². The zero-order valence-electron chi connectivity index (χ0n) is 17.8. The van der Waals surface area contributed by atoms with Gasteiger partial charge in [0.05, 0.1) is 11.5 Å². The molecular weight excluding hydrogens is 338 g/mol. The minimum atomic E-state index is -0.326. The highest BCUT2D eigenvalue weighted by Crippen LogP contribution is 2.66. The second kappa shape index (κ2) is 7.33. The molecule has 4 nitrogen and oxygen atoms in total. The molecule has 27 heavy (non-hydrogen) atoms. The van der Waals surface area contributed by atoms with Crippen LogP contribution in [0.25, 0.3) is 0 Å². The molecule has 4 rings (SSSR count). The van der Waals surface area contributed by atoms with E-state index in [1.54, 1.807) is 0 Å². The van der Waals surface area contributed by atoms with E-state index in [0.717, 1.165) is 38.9 Å². The van der Waals surface area contributed by atoms with Crippen LogP contribution < -0.4 is 0 Å². The van der Waals surface area contributed by atoms with Gasteiger partial charge in [0, 0.05) is 18.4 Å². The molecule has 0 amide bonds.